The smallest absolute Gasteiger partial charge is 0.137 e. The number of rotatable bonds is 4. The van der Waals surface area contributed by atoms with Crippen molar-refractivity contribution in [3.8, 4) is 0 Å². The fraction of sp³-hybridized carbons (Fsp3) is 0.533. The molecule has 0 bridgehead atoms. The van der Waals surface area contributed by atoms with Crippen molar-refractivity contribution >= 4 is 5.78 Å². The van der Waals surface area contributed by atoms with Crippen molar-refractivity contribution in [3.05, 3.63) is 35.6 Å². The first-order chi connectivity index (χ1) is 7.80. The van der Waals surface area contributed by atoms with Gasteiger partial charge in [0.1, 0.15) is 11.6 Å². The van der Waals surface area contributed by atoms with E-state index in [1.807, 2.05) is 0 Å². The molecule has 1 unspecified atom stereocenters. The Kier molecular flexibility index (Phi) is 4.44. The molecule has 1 rings (SSSR count). The molecule has 1 aromatic carbocycles. The van der Waals surface area contributed by atoms with Crippen molar-refractivity contribution in [2.24, 2.45) is 11.3 Å². The molecule has 0 heterocycles. The van der Waals surface area contributed by atoms with Crippen LogP contribution in [0.15, 0.2) is 24.3 Å². The Labute approximate surface area is 103 Å². The summed E-state index contributed by atoms with van der Waals surface area (Å²) >= 11 is 0. The Morgan fingerprint density at radius 3 is 2.41 bits per heavy atom. The van der Waals surface area contributed by atoms with Gasteiger partial charge in [0, 0.05) is 12.8 Å². The zero-order chi connectivity index (χ0) is 13.1. The van der Waals surface area contributed by atoms with E-state index in [0.29, 0.717) is 17.9 Å². The van der Waals surface area contributed by atoms with Crippen LogP contribution in [0.25, 0.3) is 0 Å². The van der Waals surface area contributed by atoms with E-state index < -0.39 is 0 Å². The van der Waals surface area contributed by atoms with Gasteiger partial charge in [0.05, 0.1) is 0 Å². The molecule has 0 saturated carbocycles. The molecule has 0 saturated heterocycles. The van der Waals surface area contributed by atoms with E-state index in [-0.39, 0.29) is 23.4 Å². The summed E-state index contributed by atoms with van der Waals surface area (Å²) in [4.78, 5) is 11.9. The van der Waals surface area contributed by atoms with E-state index in [0.717, 1.165) is 0 Å². The van der Waals surface area contributed by atoms with Crippen LogP contribution in [0.1, 0.15) is 39.7 Å². The quantitative estimate of drug-likeness (QED) is 0.772. The van der Waals surface area contributed by atoms with Crippen LogP contribution in [0.4, 0.5) is 4.39 Å². The molecule has 0 radical (unpaired) electrons. The molecule has 0 spiro atoms. The maximum Gasteiger partial charge on any atom is 0.137 e. The van der Waals surface area contributed by atoms with E-state index >= 15 is 0 Å². The monoisotopic (exact) mass is 236 g/mol. The molecule has 17 heavy (non-hydrogen) atoms. The van der Waals surface area contributed by atoms with Crippen LogP contribution in [0.5, 0.6) is 0 Å². The molecule has 0 N–H and O–H groups in total. The number of Topliss-reactive ketones (excluding diaryl/α,β-unsaturated/α-hetero) is 1. The van der Waals surface area contributed by atoms with E-state index in [4.69, 9.17) is 0 Å². The molecule has 0 amide bonds. The minimum atomic E-state index is -0.288. The Balaban J connectivity index is 2.60. The number of carbonyl (C=O) groups excluding carboxylic acids is 1. The lowest BCUT2D eigenvalue weighted by Crippen LogP contribution is -2.21. The highest BCUT2D eigenvalue weighted by molar-refractivity contribution is 5.81. The van der Waals surface area contributed by atoms with Gasteiger partial charge in [-0.05, 0) is 23.0 Å². The molecular weight excluding hydrogens is 215 g/mol. The molecule has 0 aliphatic rings. The summed E-state index contributed by atoms with van der Waals surface area (Å²) in [7, 11) is 0. The number of benzene rings is 1. The number of carbonyl (C=O) groups is 1. The van der Waals surface area contributed by atoms with E-state index in [9.17, 15) is 9.18 Å². The summed E-state index contributed by atoms with van der Waals surface area (Å²) in [6.45, 7) is 8.43. The fourth-order valence-electron chi connectivity index (χ4n) is 1.57. The standard InChI is InChI=1S/C15H21FO/c1-11(15(2,3)4)9-13(17)10-12-7-5-6-8-14(12)16/h5-8,11H,9-10H2,1-4H3. The number of ketones is 1. The minimum Gasteiger partial charge on any atom is -0.299 e. The molecule has 1 atom stereocenters. The molecule has 0 aliphatic heterocycles. The third kappa shape index (κ3) is 4.29. The molecule has 1 aromatic rings. The van der Waals surface area contributed by atoms with Gasteiger partial charge in [-0.25, -0.2) is 4.39 Å². The first kappa shape index (κ1) is 13.9. The fourth-order valence-corrected chi connectivity index (χ4v) is 1.57. The second-order valence-electron chi connectivity index (χ2n) is 5.78. The summed E-state index contributed by atoms with van der Waals surface area (Å²) in [5, 5.41) is 0. The first-order valence-corrected chi connectivity index (χ1v) is 6.06. The molecule has 1 nitrogen and oxygen atoms in total. The maximum absolute atomic E-state index is 13.4. The summed E-state index contributed by atoms with van der Waals surface area (Å²) in [5.74, 6) is 0.128. The topological polar surface area (TPSA) is 17.1 Å². The Morgan fingerprint density at radius 1 is 1.29 bits per heavy atom. The molecule has 94 valence electrons. The Hall–Kier alpha value is -1.18. The predicted molar refractivity (Wildman–Crippen MR) is 68.3 cm³/mol. The van der Waals surface area contributed by atoms with Crippen molar-refractivity contribution in [2.75, 3.05) is 0 Å². The lowest BCUT2D eigenvalue weighted by molar-refractivity contribution is -0.120. The van der Waals surface area contributed by atoms with Gasteiger partial charge in [-0.15, -0.1) is 0 Å². The van der Waals surface area contributed by atoms with Gasteiger partial charge in [-0.2, -0.15) is 0 Å². The summed E-state index contributed by atoms with van der Waals surface area (Å²) in [5.41, 5.74) is 0.615. The van der Waals surface area contributed by atoms with Crippen molar-refractivity contribution in [1.29, 1.82) is 0 Å². The largest absolute Gasteiger partial charge is 0.299 e. The van der Waals surface area contributed by atoms with Gasteiger partial charge < -0.3 is 0 Å². The van der Waals surface area contributed by atoms with Crippen LogP contribution < -0.4 is 0 Å². The normalized spacial score (nSPS) is 13.5. The van der Waals surface area contributed by atoms with Crippen LogP contribution in [0, 0.1) is 17.2 Å². The third-order valence-corrected chi connectivity index (χ3v) is 3.36. The molecule has 0 fully saturated rings. The number of halogens is 1. The van der Waals surface area contributed by atoms with E-state index in [2.05, 4.69) is 27.7 Å². The van der Waals surface area contributed by atoms with Gasteiger partial charge in [-0.1, -0.05) is 45.9 Å². The van der Waals surface area contributed by atoms with Gasteiger partial charge in [0.15, 0.2) is 0 Å². The first-order valence-electron chi connectivity index (χ1n) is 6.06. The van der Waals surface area contributed by atoms with Gasteiger partial charge in [0.25, 0.3) is 0 Å². The van der Waals surface area contributed by atoms with E-state index in [1.54, 1.807) is 18.2 Å². The average Bonchev–Trinajstić information content (AvgIpc) is 2.20. The number of hydrogen-bond donors (Lipinski definition) is 0. The maximum atomic E-state index is 13.4. The van der Waals surface area contributed by atoms with Crippen LogP contribution in [0.2, 0.25) is 0 Å². The van der Waals surface area contributed by atoms with E-state index in [1.165, 1.54) is 6.07 Å². The van der Waals surface area contributed by atoms with Crippen LogP contribution in [0.3, 0.4) is 0 Å². The lowest BCUT2D eigenvalue weighted by atomic mass is 9.79. The molecule has 2 heteroatoms. The second-order valence-corrected chi connectivity index (χ2v) is 5.78. The van der Waals surface area contributed by atoms with Crippen molar-refractivity contribution < 1.29 is 9.18 Å². The molecular formula is C15H21FO. The van der Waals surface area contributed by atoms with Crippen molar-refractivity contribution in [2.45, 2.75) is 40.5 Å². The third-order valence-electron chi connectivity index (χ3n) is 3.36. The van der Waals surface area contributed by atoms with Crippen LogP contribution in [-0.2, 0) is 11.2 Å². The highest BCUT2D eigenvalue weighted by atomic mass is 19.1. The molecule has 0 aromatic heterocycles. The lowest BCUT2D eigenvalue weighted by Gasteiger charge is -2.26. The Bertz CT molecular complexity index is 390. The van der Waals surface area contributed by atoms with Gasteiger partial charge in [0.2, 0.25) is 0 Å². The van der Waals surface area contributed by atoms with Crippen molar-refractivity contribution in [3.63, 3.8) is 0 Å². The average molecular weight is 236 g/mol. The van der Waals surface area contributed by atoms with Gasteiger partial charge in [-0.3, -0.25) is 4.79 Å². The van der Waals surface area contributed by atoms with Crippen LogP contribution in [-0.4, -0.2) is 5.78 Å². The summed E-state index contributed by atoms with van der Waals surface area (Å²) in [6.07, 6.45) is 0.713. The second kappa shape index (κ2) is 5.44. The highest BCUT2D eigenvalue weighted by Crippen LogP contribution is 2.28. The molecule has 0 aliphatic carbocycles. The number of hydrogen-bond acceptors (Lipinski definition) is 1. The highest BCUT2D eigenvalue weighted by Gasteiger charge is 2.22. The predicted octanol–water partition coefficient (Wildman–Crippen LogP) is 4.01. The summed E-state index contributed by atoms with van der Waals surface area (Å²) in [6, 6.07) is 6.48. The SMILES string of the molecule is CC(CC(=O)Cc1ccccc1F)C(C)(C)C. The zero-order valence-electron chi connectivity index (χ0n) is 11.1. The van der Waals surface area contributed by atoms with Crippen molar-refractivity contribution in [1.82, 2.24) is 0 Å². The van der Waals surface area contributed by atoms with Gasteiger partial charge >= 0.3 is 0 Å². The zero-order valence-corrected chi connectivity index (χ0v) is 11.1. The summed E-state index contributed by atoms with van der Waals surface area (Å²) < 4.78 is 13.4. The Morgan fingerprint density at radius 2 is 1.88 bits per heavy atom. The minimum absolute atomic E-state index is 0.109. The van der Waals surface area contributed by atoms with Crippen LogP contribution >= 0.6 is 0 Å².